The molecule has 218 valence electrons. The number of aromatic nitrogens is 1. The van der Waals surface area contributed by atoms with E-state index < -0.39 is 11.0 Å². The number of pyridine rings is 1. The zero-order chi connectivity index (χ0) is 29.1. The Labute approximate surface area is 251 Å². The van der Waals surface area contributed by atoms with E-state index in [0.717, 1.165) is 66.4 Å². The van der Waals surface area contributed by atoms with Crippen LogP contribution in [-0.4, -0.2) is 71.2 Å². The van der Waals surface area contributed by atoms with Crippen molar-refractivity contribution in [3.8, 4) is 16.9 Å². The average molecular weight is 583 g/mol. The highest BCUT2D eigenvalue weighted by atomic mass is 32.2. The molecule has 1 aromatic heterocycles. The third kappa shape index (κ3) is 8.35. The number of nitrogens with zero attached hydrogens (tertiary/aromatic N) is 3. The summed E-state index contributed by atoms with van der Waals surface area (Å²) < 4.78 is 22.9. The van der Waals surface area contributed by atoms with Crippen LogP contribution >= 0.6 is 0 Å². The van der Waals surface area contributed by atoms with E-state index in [2.05, 4.69) is 26.6 Å². The summed E-state index contributed by atoms with van der Waals surface area (Å²) in [6.07, 6.45) is 5.07. The maximum atomic E-state index is 13.5. The van der Waals surface area contributed by atoms with E-state index in [1.807, 2.05) is 84.9 Å². The number of para-hydroxylation sites is 1. The zero-order valence-corrected chi connectivity index (χ0v) is 24.9. The first kappa shape index (κ1) is 29.6. The zero-order valence-electron chi connectivity index (χ0n) is 24.1. The number of hydrogen-bond donors (Lipinski definition) is 1. The van der Waals surface area contributed by atoms with Gasteiger partial charge in [-0.3, -0.25) is 14.7 Å². The predicted molar refractivity (Wildman–Crippen MR) is 169 cm³/mol. The topological polar surface area (TPSA) is 74.8 Å². The van der Waals surface area contributed by atoms with Crippen molar-refractivity contribution in [3.63, 3.8) is 0 Å². The van der Waals surface area contributed by atoms with Gasteiger partial charge in [0.25, 0.3) is 0 Å². The second kappa shape index (κ2) is 14.9. The number of likely N-dealkylation sites (N-methyl/N-ethyl adjacent to an activating group) is 1. The Balaban J connectivity index is 1.19. The highest BCUT2D eigenvalue weighted by Crippen LogP contribution is 2.34. The summed E-state index contributed by atoms with van der Waals surface area (Å²) in [5, 5.41) is 0. The van der Waals surface area contributed by atoms with Crippen molar-refractivity contribution >= 4 is 22.5 Å². The largest absolute Gasteiger partial charge is 0.492 e. The van der Waals surface area contributed by atoms with E-state index in [-0.39, 0.29) is 5.78 Å². The molecular weight excluding hydrogens is 544 g/mol. The van der Waals surface area contributed by atoms with Crippen molar-refractivity contribution in [1.82, 2.24) is 14.8 Å². The minimum Gasteiger partial charge on any atom is -0.492 e. The summed E-state index contributed by atoms with van der Waals surface area (Å²) in [7, 11) is 0.657. The smallest absolute Gasteiger partial charge is 0.150 e. The molecule has 0 saturated carbocycles. The van der Waals surface area contributed by atoms with Gasteiger partial charge >= 0.3 is 0 Å². The SMILES string of the molecule is CN1CCN(CCOc2ccccc2-c2ccccc2S(=O)Nc2ccc(CC(=O)CCc3cccnc3)cc2)CC1. The molecule has 0 radical (unpaired) electrons. The van der Waals surface area contributed by atoms with Gasteiger partial charge in [-0.05, 0) is 54.9 Å². The number of piperazine rings is 1. The van der Waals surface area contributed by atoms with Crippen LogP contribution < -0.4 is 9.46 Å². The number of aryl methyl sites for hydroxylation is 1. The van der Waals surface area contributed by atoms with Crippen LogP contribution in [0.4, 0.5) is 5.69 Å². The molecule has 1 unspecified atom stereocenters. The van der Waals surface area contributed by atoms with Crippen LogP contribution in [0.25, 0.3) is 11.1 Å². The number of anilines is 1. The number of carbonyl (C=O) groups excluding carboxylic acids is 1. The van der Waals surface area contributed by atoms with E-state index in [0.29, 0.717) is 30.8 Å². The van der Waals surface area contributed by atoms with Crippen molar-refractivity contribution in [2.75, 3.05) is 51.1 Å². The van der Waals surface area contributed by atoms with E-state index in [9.17, 15) is 9.00 Å². The van der Waals surface area contributed by atoms with E-state index in [1.54, 1.807) is 12.4 Å². The van der Waals surface area contributed by atoms with Gasteiger partial charge in [0.05, 0.1) is 4.90 Å². The first-order valence-electron chi connectivity index (χ1n) is 14.5. The maximum Gasteiger partial charge on any atom is 0.150 e. The van der Waals surface area contributed by atoms with Crippen LogP contribution in [-0.2, 0) is 28.6 Å². The lowest BCUT2D eigenvalue weighted by Gasteiger charge is -2.32. The molecule has 1 fully saturated rings. The van der Waals surface area contributed by atoms with E-state index in [1.165, 1.54) is 0 Å². The Bertz CT molecular complexity index is 1470. The van der Waals surface area contributed by atoms with Gasteiger partial charge in [-0.15, -0.1) is 0 Å². The van der Waals surface area contributed by atoms with Gasteiger partial charge in [-0.25, -0.2) is 4.21 Å². The third-order valence-electron chi connectivity index (χ3n) is 7.51. The third-order valence-corrected chi connectivity index (χ3v) is 8.68. The molecule has 2 heterocycles. The molecule has 0 spiro atoms. The fraction of sp³-hybridized carbons (Fsp3) is 0.294. The lowest BCUT2D eigenvalue weighted by molar-refractivity contribution is -0.118. The molecule has 1 aliphatic heterocycles. The molecule has 8 heteroatoms. The first-order chi connectivity index (χ1) is 20.5. The number of rotatable bonds is 13. The minimum atomic E-state index is -1.50. The highest BCUT2D eigenvalue weighted by Gasteiger charge is 2.17. The van der Waals surface area contributed by atoms with Crippen molar-refractivity contribution in [3.05, 3.63) is 108 Å². The monoisotopic (exact) mass is 582 g/mol. The van der Waals surface area contributed by atoms with Gasteiger partial charge < -0.3 is 14.4 Å². The van der Waals surface area contributed by atoms with Gasteiger partial charge in [0.2, 0.25) is 0 Å². The fourth-order valence-electron chi connectivity index (χ4n) is 5.02. The highest BCUT2D eigenvalue weighted by molar-refractivity contribution is 7.86. The molecule has 1 aliphatic rings. The molecule has 4 aromatic rings. The van der Waals surface area contributed by atoms with Crippen LogP contribution in [0.1, 0.15) is 17.5 Å². The van der Waals surface area contributed by atoms with Crippen LogP contribution in [0.15, 0.2) is 102 Å². The number of carbonyl (C=O) groups is 1. The Kier molecular flexibility index (Phi) is 10.5. The molecule has 7 nitrogen and oxygen atoms in total. The second-order valence-corrected chi connectivity index (χ2v) is 11.8. The normalized spacial score (nSPS) is 14.8. The number of Topliss-reactive ketones (excluding diaryl/α,β-unsaturated/α-hetero) is 1. The Hall–Kier alpha value is -3.85. The summed E-state index contributed by atoms with van der Waals surface area (Å²) in [6.45, 7) is 5.75. The molecule has 0 amide bonds. The summed E-state index contributed by atoms with van der Waals surface area (Å²) in [4.78, 5) is 22.1. The summed E-state index contributed by atoms with van der Waals surface area (Å²) in [6, 6.07) is 27.1. The summed E-state index contributed by atoms with van der Waals surface area (Å²) in [5.74, 6) is 0.968. The van der Waals surface area contributed by atoms with Crippen molar-refractivity contribution in [2.24, 2.45) is 0 Å². The Morgan fingerprint density at radius 3 is 2.38 bits per heavy atom. The molecular formula is C34H38N4O3S. The molecule has 3 aromatic carbocycles. The van der Waals surface area contributed by atoms with E-state index in [4.69, 9.17) is 4.74 Å². The molecule has 0 aliphatic carbocycles. The minimum absolute atomic E-state index is 0.182. The van der Waals surface area contributed by atoms with Gasteiger partial charge in [0.1, 0.15) is 18.1 Å². The average Bonchev–Trinajstić information content (AvgIpc) is 3.03. The number of benzene rings is 3. The van der Waals surface area contributed by atoms with Crippen molar-refractivity contribution in [2.45, 2.75) is 24.2 Å². The van der Waals surface area contributed by atoms with E-state index >= 15 is 0 Å². The van der Waals surface area contributed by atoms with Gasteiger partial charge in [0, 0.05) is 74.8 Å². The molecule has 0 bridgehead atoms. The quantitative estimate of drug-likeness (QED) is 0.232. The fourth-order valence-corrected chi connectivity index (χ4v) is 6.06. The standard InChI is InChI=1S/C34H38N4O3S/c1-37-19-21-38(22-20-37)23-24-41-33-10-4-2-8-31(33)32-9-3-5-11-34(32)42(40)36-29-15-12-27(13-16-29)25-30(39)17-14-28-7-6-18-35-26-28/h2-13,15-16,18,26,36H,14,17,19-25H2,1H3. The first-order valence-corrected chi connectivity index (χ1v) is 15.6. The Morgan fingerprint density at radius 1 is 0.881 bits per heavy atom. The van der Waals surface area contributed by atoms with Crippen molar-refractivity contribution in [1.29, 1.82) is 0 Å². The Morgan fingerprint density at radius 2 is 1.62 bits per heavy atom. The van der Waals surface area contributed by atoms with Crippen LogP contribution in [0.3, 0.4) is 0 Å². The molecule has 1 saturated heterocycles. The molecule has 5 rings (SSSR count). The maximum absolute atomic E-state index is 13.5. The van der Waals surface area contributed by atoms with Crippen LogP contribution in [0.2, 0.25) is 0 Å². The van der Waals surface area contributed by atoms with Gasteiger partial charge in [0.15, 0.2) is 11.0 Å². The molecule has 42 heavy (non-hydrogen) atoms. The predicted octanol–water partition coefficient (Wildman–Crippen LogP) is 5.25. The number of ether oxygens (including phenoxy) is 1. The second-order valence-electron chi connectivity index (χ2n) is 10.6. The molecule has 1 atom stereocenters. The van der Waals surface area contributed by atoms with Gasteiger partial charge in [-0.1, -0.05) is 54.6 Å². The number of nitrogens with one attached hydrogen (secondary N) is 1. The summed E-state index contributed by atoms with van der Waals surface area (Å²) >= 11 is 0. The lowest BCUT2D eigenvalue weighted by Crippen LogP contribution is -2.45. The lowest BCUT2D eigenvalue weighted by atomic mass is 10.0. The molecule has 1 N–H and O–H groups in total. The summed E-state index contributed by atoms with van der Waals surface area (Å²) in [5.41, 5.74) is 4.51. The van der Waals surface area contributed by atoms with Crippen LogP contribution in [0, 0.1) is 0 Å². The number of hydrogen-bond acceptors (Lipinski definition) is 6. The number of ketones is 1. The van der Waals surface area contributed by atoms with Crippen LogP contribution in [0.5, 0.6) is 5.75 Å². The van der Waals surface area contributed by atoms with Crippen molar-refractivity contribution < 1.29 is 13.7 Å². The van der Waals surface area contributed by atoms with Gasteiger partial charge in [-0.2, -0.15) is 0 Å².